The van der Waals surface area contributed by atoms with Gasteiger partial charge in [-0.1, -0.05) is 0 Å². The van der Waals surface area contributed by atoms with E-state index < -0.39 is 0 Å². The van der Waals surface area contributed by atoms with Crippen molar-refractivity contribution in [1.29, 1.82) is 0 Å². The van der Waals surface area contributed by atoms with Crippen molar-refractivity contribution in [3.63, 3.8) is 0 Å². The summed E-state index contributed by atoms with van der Waals surface area (Å²) in [7, 11) is 0. The molecule has 0 amide bonds. The molecule has 2 aliphatic heterocycles. The lowest BCUT2D eigenvalue weighted by molar-refractivity contribution is -0.107. The first-order valence-corrected chi connectivity index (χ1v) is 8.08. The summed E-state index contributed by atoms with van der Waals surface area (Å²) in [6, 6.07) is 3.74. The second kappa shape index (κ2) is 5.27. The maximum absolute atomic E-state index is 11.9. The maximum atomic E-state index is 11.9. The van der Waals surface area contributed by atoms with Crippen LogP contribution in [0.4, 0.5) is 5.69 Å². The second-order valence-corrected chi connectivity index (χ2v) is 6.23. The minimum Gasteiger partial charge on any atom is -0.422 e. The van der Waals surface area contributed by atoms with E-state index in [9.17, 15) is 9.59 Å². The van der Waals surface area contributed by atoms with E-state index in [2.05, 4.69) is 11.0 Å². The number of anilines is 1. The fourth-order valence-electron chi connectivity index (χ4n) is 3.96. The van der Waals surface area contributed by atoms with Gasteiger partial charge < -0.3 is 14.1 Å². The van der Waals surface area contributed by atoms with Gasteiger partial charge in [-0.3, -0.25) is 0 Å². The van der Waals surface area contributed by atoms with Crippen molar-refractivity contribution in [2.75, 3.05) is 18.0 Å². The van der Waals surface area contributed by atoms with Crippen LogP contribution in [0.1, 0.15) is 36.0 Å². The molecule has 114 valence electrons. The Morgan fingerprint density at radius 3 is 2.82 bits per heavy atom. The molecule has 0 radical (unpaired) electrons. The van der Waals surface area contributed by atoms with Gasteiger partial charge in [-0.05, 0) is 49.3 Å². The van der Waals surface area contributed by atoms with E-state index >= 15 is 0 Å². The molecule has 0 aliphatic carbocycles. The summed E-state index contributed by atoms with van der Waals surface area (Å²) >= 11 is 0. The summed E-state index contributed by atoms with van der Waals surface area (Å²) in [5, 5.41) is 1.03. The number of rotatable bonds is 3. The number of carbonyl (C=O) groups is 1. The molecule has 0 N–H and O–H groups in total. The quantitative estimate of drug-likeness (QED) is 0.645. The molecule has 0 saturated carbocycles. The third kappa shape index (κ3) is 2.05. The number of benzene rings is 1. The van der Waals surface area contributed by atoms with Crippen molar-refractivity contribution in [3.05, 3.63) is 39.2 Å². The SMILES string of the molecule is O=CCCc1cc(=O)oc2c3c4c(cc12)CCCN4CCC3. The minimum atomic E-state index is -0.308. The molecule has 4 nitrogen and oxygen atoms in total. The van der Waals surface area contributed by atoms with Gasteiger partial charge in [0.05, 0.1) is 0 Å². The number of fused-ring (bicyclic) bond motifs is 2. The molecule has 0 atom stereocenters. The van der Waals surface area contributed by atoms with E-state index in [1.54, 1.807) is 6.07 Å². The number of carbonyl (C=O) groups excluding carboxylic acids is 1. The number of hydrogen-bond acceptors (Lipinski definition) is 4. The molecule has 0 saturated heterocycles. The van der Waals surface area contributed by atoms with Crippen molar-refractivity contribution >= 4 is 22.9 Å². The highest BCUT2D eigenvalue weighted by Crippen LogP contribution is 2.40. The van der Waals surface area contributed by atoms with Crippen molar-refractivity contribution in [3.8, 4) is 0 Å². The minimum absolute atomic E-state index is 0.308. The third-order valence-electron chi connectivity index (χ3n) is 4.84. The smallest absolute Gasteiger partial charge is 0.336 e. The van der Waals surface area contributed by atoms with Crippen molar-refractivity contribution in [1.82, 2.24) is 0 Å². The van der Waals surface area contributed by atoms with E-state index in [0.717, 1.165) is 55.2 Å². The molecule has 1 aromatic heterocycles. The lowest BCUT2D eigenvalue weighted by Gasteiger charge is -2.37. The third-order valence-corrected chi connectivity index (χ3v) is 4.84. The predicted octanol–water partition coefficient (Wildman–Crippen LogP) is 2.62. The van der Waals surface area contributed by atoms with E-state index in [-0.39, 0.29) is 5.63 Å². The molecule has 0 fully saturated rings. The Morgan fingerprint density at radius 1 is 1.18 bits per heavy atom. The van der Waals surface area contributed by atoms with Gasteiger partial charge in [0.1, 0.15) is 11.9 Å². The topological polar surface area (TPSA) is 50.5 Å². The zero-order valence-corrected chi connectivity index (χ0v) is 12.6. The molecule has 0 unspecified atom stereocenters. The van der Waals surface area contributed by atoms with Crippen LogP contribution in [-0.4, -0.2) is 19.4 Å². The number of aldehydes is 1. The van der Waals surface area contributed by atoms with Gasteiger partial charge in [0, 0.05) is 42.2 Å². The summed E-state index contributed by atoms with van der Waals surface area (Å²) in [4.78, 5) is 25.1. The van der Waals surface area contributed by atoms with E-state index in [1.807, 2.05) is 0 Å². The van der Waals surface area contributed by atoms with Crippen LogP contribution in [0.15, 0.2) is 21.3 Å². The number of hydrogen-bond donors (Lipinski definition) is 0. The van der Waals surface area contributed by atoms with Gasteiger partial charge in [0.15, 0.2) is 0 Å². The fourth-order valence-corrected chi connectivity index (χ4v) is 3.96. The van der Waals surface area contributed by atoms with Crippen molar-refractivity contribution < 1.29 is 9.21 Å². The summed E-state index contributed by atoms with van der Waals surface area (Å²) in [5.74, 6) is 0. The summed E-state index contributed by atoms with van der Waals surface area (Å²) in [5.41, 5.74) is 5.26. The molecule has 4 heteroatoms. The van der Waals surface area contributed by atoms with Crippen LogP contribution < -0.4 is 10.5 Å². The van der Waals surface area contributed by atoms with Crippen molar-refractivity contribution in [2.24, 2.45) is 0 Å². The largest absolute Gasteiger partial charge is 0.422 e. The standard InChI is InChI=1S/C18H19NO3/c20-9-3-5-12-11-16(21)22-18-14-6-2-8-19-7-1-4-13(17(14)19)10-15(12)18/h9-11H,1-8H2. The first kappa shape index (κ1) is 13.6. The van der Waals surface area contributed by atoms with Crippen LogP contribution in [0.2, 0.25) is 0 Å². The first-order chi connectivity index (χ1) is 10.8. The average molecular weight is 297 g/mol. The summed E-state index contributed by atoms with van der Waals surface area (Å²) < 4.78 is 5.58. The van der Waals surface area contributed by atoms with Crippen LogP contribution in [0.3, 0.4) is 0 Å². The van der Waals surface area contributed by atoms with Crippen molar-refractivity contribution in [2.45, 2.75) is 38.5 Å². The van der Waals surface area contributed by atoms with E-state index in [4.69, 9.17) is 4.42 Å². The predicted molar refractivity (Wildman–Crippen MR) is 85.7 cm³/mol. The van der Waals surface area contributed by atoms with Crippen LogP contribution in [-0.2, 0) is 24.1 Å². The summed E-state index contributed by atoms with van der Waals surface area (Å²) in [6.45, 7) is 2.20. The lowest BCUT2D eigenvalue weighted by atomic mass is 9.88. The average Bonchev–Trinajstić information content (AvgIpc) is 2.54. The Balaban J connectivity index is 2.01. The van der Waals surface area contributed by atoms with Gasteiger partial charge in [0.25, 0.3) is 0 Å². The molecule has 3 heterocycles. The van der Waals surface area contributed by atoms with Gasteiger partial charge in [-0.25, -0.2) is 4.79 Å². The highest BCUT2D eigenvalue weighted by molar-refractivity contribution is 5.90. The highest BCUT2D eigenvalue weighted by atomic mass is 16.4. The molecular weight excluding hydrogens is 278 g/mol. The van der Waals surface area contributed by atoms with Crippen LogP contribution >= 0.6 is 0 Å². The van der Waals surface area contributed by atoms with Gasteiger partial charge in [-0.15, -0.1) is 0 Å². The Bertz CT molecular complexity index is 804. The Hall–Kier alpha value is -2.10. The molecule has 0 spiro atoms. The van der Waals surface area contributed by atoms with Crippen LogP contribution in [0.25, 0.3) is 11.0 Å². The Kier molecular flexibility index (Phi) is 3.25. The molecule has 2 aromatic rings. The number of nitrogens with zero attached hydrogens (tertiary/aromatic N) is 1. The van der Waals surface area contributed by atoms with Gasteiger partial charge >= 0.3 is 5.63 Å². The first-order valence-electron chi connectivity index (χ1n) is 8.08. The van der Waals surface area contributed by atoms with Crippen LogP contribution in [0, 0.1) is 0 Å². The highest BCUT2D eigenvalue weighted by Gasteiger charge is 2.27. The fraction of sp³-hybridized carbons (Fsp3) is 0.444. The molecule has 22 heavy (non-hydrogen) atoms. The molecule has 1 aromatic carbocycles. The zero-order valence-electron chi connectivity index (χ0n) is 12.6. The normalized spacial score (nSPS) is 16.6. The molecule has 4 rings (SSSR count). The lowest BCUT2D eigenvalue weighted by Crippen LogP contribution is -2.34. The van der Waals surface area contributed by atoms with Gasteiger partial charge in [0.2, 0.25) is 0 Å². The zero-order chi connectivity index (χ0) is 15.1. The van der Waals surface area contributed by atoms with Crippen LogP contribution in [0.5, 0.6) is 0 Å². The van der Waals surface area contributed by atoms with Gasteiger partial charge in [-0.2, -0.15) is 0 Å². The summed E-state index contributed by atoms with van der Waals surface area (Å²) in [6.07, 6.45) is 6.29. The second-order valence-electron chi connectivity index (χ2n) is 6.23. The molecular formula is C18H19NO3. The Morgan fingerprint density at radius 2 is 2.00 bits per heavy atom. The van der Waals surface area contributed by atoms with E-state index in [0.29, 0.717) is 12.8 Å². The monoisotopic (exact) mass is 297 g/mol. The van der Waals surface area contributed by atoms with E-state index in [1.165, 1.54) is 23.2 Å². The Labute approximate surface area is 128 Å². The molecule has 0 bridgehead atoms. The maximum Gasteiger partial charge on any atom is 0.336 e. The molecule has 2 aliphatic rings. The number of aryl methyl sites for hydroxylation is 3.